The minimum Gasteiger partial charge on any atom is -0.480 e. The lowest BCUT2D eigenvalue weighted by Gasteiger charge is -2.38. The summed E-state index contributed by atoms with van der Waals surface area (Å²) in [7, 11) is 0. The van der Waals surface area contributed by atoms with Crippen molar-refractivity contribution in [2.45, 2.75) is 49.9 Å². The molecule has 0 saturated carbocycles. The number of carboxylic acids is 1. The van der Waals surface area contributed by atoms with E-state index < -0.39 is 34.8 Å². The van der Waals surface area contributed by atoms with Gasteiger partial charge in [-0.2, -0.15) is 0 Å². The topological polar surface area (TPSA) is 95.9 Å². The van der Waals surface area contributed by atoms with Gasteiger partial charge in [0.25, 0.3) is 0 Å². The fourth-order valence-corrected chi connectivity index (χ4v) is 9.11. The summed E-state index contributed by atoms with van der Waals surface area (Å²) in [5, 5.41) is 13.6. The Morgan fingerprint density at radius 2 is 1.19 bits per heavy atom. The van der Waals surface area contributed by atoms with E-state index in [9.17, 15) is 19.5 Å². The van der Waals surface area contributed by atoms with Gasteiger partial charge in [0.15, 0.2) is 0 Å². The number of rotatable bonds is 15. The van der Waals surface area contributed by atoms with Crippen LogP contribution in [0.4, 0.5) is 4.79 Å². The minimum atomic E-state index is -1.17. The Bertz CT molecular complexity index is 1860. The van der Waals surface area contributed by atoms with Crippen LogP contribution in [0.3, 0.4) is 0 Å². The average molecular weight is 727 g/mol. The Labute approximate surface area is 316 Å². The first-order chi connectivity index (χ1) is 25.7. The Hall–Kier alpha value is -5.34. The van der Waals surface area contributed by atoms with Crippen molar-refractivity contribution in [1.29, 1.82) is 0 Å². The van der Waals surface area contributed by atoms with E-state index in [2.05, 4.69) is 66.0 Å². The van der Waals surface area contributed by atoms with Crippen LogP contribution >= 0.6 is 11.8 Å². The fourth-order valence-electron chi connectivity index (χ4n) is 7.47. The quantitative estimate of drug-likeness (QED) is 0.105. The number of likely N-dealkylation sites (N-methyl/N-ethyl adjacent to an activating group) is 1. The molecule has 2 amide bonds. The molecule has 0 aromatic heterocycles. The number of carboxylic acid groups (broad SMARTS) is 1. The number of alkyl carbamates (subject to hydrolysis) is 1. The van der Waals surface area contributed by atoms with E-state index in [1.807, 2.05) is 92.7 Å². The molecule has 1 aliphatic carbocycles. The summed E-state index contributed by atoms with van der Waals surface area (Å²) < 4.78 is 5.05. The Morgan fingerprint density at radius 1 is 0.736 bits per heavy atom. The van der Waals surface area contributed by atoms with E-state index in [0.717, 1.165) is 38.9 Å². The van der Waals surface area contributed by atoms with Gasteiger partial charge >= 0.3 is 12.1 Å². The molecule has 6 rings (SSSR count). The first-order valence-corrected chi connectivity index (χ1v) is 19.2. The molecule has 8 heteroatoms. The van der Waals surface area contributed by atoms with E-state index >= 15 is 0 Å². The van der Waals surface area contributed by atoms with Crippen molar-refractivity contribution in [2.75, 3.05) is 18.9 Å². The van der Waals surface area contributed by atoms with Crippen molar-refractivity contribution in [3.63, 3.8) is 0 Å². The van der Waals surface area contributed by atoms with Crippen LogP contribution in [0.25, 0.3) is 11.1 Å². The molecule has 5 aromatic carbocycles. The molecule has 0 unspecified atom stereocenters. The molecular weight excluding hydrogens is 681 g/mol. The van der Waals surface area contributed by atoms with Crippen LogP contribution in [-0.4, -0.2) is 59.0 Å². The summed E-state index contributed by atoms with van der Waals surface area (Å²) in [6, 6.07) is 44.2. The third kappa shape index (κ3) is 8.03. The van der Waals surface area contributed by atoms with Gasteiger partial charge in [0.2, 0.25) is 5.91 Å². The average Bonchev–Trinajstić information content (AvgIpc) is 3.51. The van der Waals surface area contributed by atoms with Crippen molar-refractivity contribution < 1.29 is 24.2 Å². The number of nitrogens with one attached hydrogen (secondary N) is 1. The van der Waals surface area contributed by atoms with E-state index in [1.54, 1.807) is 6.92 Å². The molecule has 7 nitrogen and oxygen atoms in total. The van der Waals surface area contributed by atoms with Gasteiger partial charge in [-0.15, -0.1) is 11.8 Å². The first kappa shape index (κ1) is 37.4. The van der Waals surface area contributed by atoms with Crippen molar-refractivity contribution >= 4 is 29.7 Å². The largest absolute Gasteiger partial charge is 0.480 e. The summed E-state index contributed by atoms with van der Waals surface area (Å²) in [5.41, 5.74) is 7.41. The van der Waals surface area contributed by atoms with E-state index in [1.165, 1.54) is 16.7 Å². The van der Waals surface area contributed by atoms with Gasteiger partial charge in [-0.3, -0.25) is 4.79 Å². The van der Waals surface area contributed by atoms with Gasteiger partial charge in [-0.25, -0.2) is 9.59 Å². The molecule has 2 N–H and O–H groups in total. The zero-order valence-corrected chi connectivity index (χ0v) is 31.2. The van der Waals surface area contributed by atoms with Crippen molar-refractivity contribution in [2.24, 2.45) is 5.92 Å². The Kier molecular flexibility index (Phi) is 12.0. The van der Waals surface area contributed by atoms with Crippen LogP contribution in [0, 0.1) is 5.92 Å². The molecule has 0 radical (unpaired) electrons. The lowest BCUT2D eigenvalue weighted by atomic mass is 9.84. The predicted molar refractivity (Wildman–Crippen MR) is 212 cm³/mol. The Morgan fingerprint density at radius 3 is 1.62 bits per heavy atom. The van der Waals surface area contributed by atoms with Gasteiger partial charge in [0, 0.05) is 18.2 Å². The summed E-state index contributed by atoms with van der Waals surface area (Å²) >= 11 is 1.49. The highest BCUT2D eigenvalue weighted by atomic mass is 32.2. The number of thioether (sulfide) groups is 1. The molecule has 0 spiro atoms. The van der Waals surface area contributed by atoms with Crippen molar-refractivity contribution in [3.05, 3.63) is 167 Å². The molecule has 0 aliphatic heterocycles. The normalized spacial score (nSPS) is 13.4. The fraction of sp³-hybridized carbons (Fsp3) is 0.267. The van der Waals surface area contributed by atoms with Crippen LogP contribution in [0.2, 0.25) is 0 Å². The number of hydrogen-bond acceptors (Lipinski definition) is 5. The van der Waals surface area contributed by atoms with Gasteiger partial charge in [0.1, 0.15) is 18.7 Å². The monoisotopic (exact) mass is 726 g/mol. The molecule has 1 aliphatic rings. The second kappa shape index (κ2) is 17.0. The lowest BCUT2D eigenvalue weighted by molar-refractivity contribution is -0.150. The van der Waals surface area contributed by atoms with Crippen LogP contribution in [0.1, 0.15) is 60.9 Å². The number of aliphatic carboxylic acids is 1. The zero-order chi connectivity index (χ0) is 37.4. The third-order valence-corrected chi connectivity index (χ3v) is 11.5. The van der Waals surface area contributed by atoms with Gasteiger partial charge in [-0.1, -0.05) is 153 Å². The maximum absolute atomic E-state index is 14.4. The second-order valence-corrected chi connectivity index (χ2v) is 15.0. The minimum absolute atomic E-state index is 0.0380. The highest BCUT2D eigenvalue weighted by Gasteiger charge is 2.41. The van der Waals surface area contributed by atoms with Crippen LogP contribution in [0.5, 0.6) is 0 Å². The molecule has 0 bridgehead atoms. The molecular formula is C45H46N2O5S. The second-order valence-electron chi connectivity index (χ2n) is 13.7. The number of carbonyl (C=O) groups is 3. The number of amides is 2. The number of benzene rings is 5. The molecule has 53 heavy (non-hydrogen) atoms. The molecule has 5 aromatic rings. The summed E-state index contributed by atoms with van der Waals surface area (Å²) in [4.78, 5) is 42.4. The van der Waals surface area contributed by atoms with Crippen LogP contribution in [-0.2, 0) is 19.1 Å². The highest BCUT2D eigenvalue weighted by Crippen LogP contribution is 2.49. The van der Waals surface area contributed by atoms with Crippen LogP contribution in [0.15, 0.2) is 140 Å². The van der Waals surface area contributed by atoms with Crippen LogP contribution < -0.4 is 5.32 Å². The summed E-state index contributed by atoms with van der Waals surface area (Å²) in [5.74, 6) is -1.57. The number of carbonyl (C=O) groups excluding carboxylic acids is 2. The Balaban J connectivity index is 1.24. The molecule has 0 fully saturated rings. The molecule has 272 valence electrons. The third-order valence-electron chi connectivity index (χ3n) is 9.92. The maximum atomic E-state index is 14.4. The SMILES string of the molecule is CCN(C(=O)[C@H](CC(C)C)NC(=O)OCC1c2ccccc2-c2ccccc21)[C@@H](CSC(c1ccccc1)(c1ccccc1)c1ccccc1)C(=O)O. The van der Waals surface area contributed by atoms with Crippen molar-refractivity contribution in [3.8, 4) is 11.1 Å². The standard InChI is InChI=1S/C45H46N2O5S/c1-4-47(41(43(49)50)30-53-45(32-18-8-5-9-19-32,33-20-10-6-11-21-33)34-22-12-7-13-23-34)42(48)40(28-31(2)3)46-44(51)52-29-39-37-26-16-14-24-35(37)36-25-15-17-27-38(36)39/h5-27,31,39-41H,4,28-30H2,1-3H3,(H,46,51)(H,49,50)/t40-,41-/m0/s1. The smallest absolute Gasteiger partial charge is 0.407 e. The van der Waals surface area contributed by atoms with E-state index in [-0.39, 0.29) is 30.7 Å². The van der Waals surface area contributed by atoms with Gasteiger partial charge < -0.3 is 20.1 Å². The summed E-state index contributed by atoms with van der Waals surface area (Å²) in [6.45, 7) is 5.96. The molecule has 0 heterocycles. The van der Waals surface area contributed by atoms with E-state index in [4.69, 9.17) is 4.74 Å². The summed E-state index contributed by atoms with van der Waals surface area (Å²) in [6.07, 6.45) is -0.388. The van der Waals surface area contributed by atoms with E-state index in [0.29, 0.717) is 6.42 Å². The highest BCUT2D eigenvalue weighted by molar-refractivity contribution is 8.00. The zero-order valence-electron chi connectivity index (χ0n) is 30.4. The number of fused-ring (bicyclic) bond motifs is 3. The van der Waals surface area contributed by atoms with Gasteiger partial charge in [-0.05, 0) is 58.2 Å². The van der Waals surface area contributed by atoms with Crippen molar-refractivity contribution in [1.82, 2.24) is 10.2 Å². The number of ether oxygens (including phenoxy) is 1. The predicted octanol–water partition coefficient (Wildman–Crippen LogP) is 8.97. The van der Waals surface area contributed by atoms with Gasteiger partial charge in [0.05, 0.1) is 4.75 Å². The molecule has 2 atom stereocenters. The number of hydrogen-bond donors (Lipinski definition) is 2. The first-order valence-electron chi connectivity index (χ1n) is 18.2. The number of nitrogens with zero attached hydrogens (tertiary/aromatic N) is 1. The molecule has 0 saturated heterocycles. The lowest BCUT2D eigenvalue weighted by Crippen LogP contribution is -2.55. The maximum Gasteiger partial charge on any atom is 0.407 e.